The van der Waals surface area contributed by atoms with Crippen LogP contribution >= 0.6 is 46.4 Å². The summed E-state index contributed by atoms with van der Waals surface area (Å²) in [6.07, 6.45) is 4.71. The summed E-state index contributed by atoms with van der Waals surface area (Å²) in [6, 6.07) is 7.42. The molecule has 1 aromatic carbocycles. The second-order valence-corrected chi connectivity index (χ2v) is 7.55. The molecule has 1 aliphatic rings. The van der Waals surface area contributed by atoms with E-state index in [1.165, 1.54) is 6.33 Å². The molecule has 3 nitrogen and oxygen atoms in total. The zero-order valence-corrected chi connectivity index (χ0v) is 14.0. The zero-order valence-electron chi connectivity index (χ0n) is 11.0. The maximum atomic E-state index is 6.92. The highest BCUT2D eigenvalue weighted by atomic mass is 35.5. The van der Waals surface area contributed by atoms with Gasteiger partial charge in [0.05, 0.1) is 16.8 Å². The average Bonchev–Trinajstić information content (AvgIpc) is 3.02. The third-order valence-corrected chi connectivity index (χ3v) is 6.45. The van der Waals surface area contributed by atoms with Crippen molar-refractivity contribution in [3.8, 4) is 0 Å². The highest BCUT2D eigenvalue weighted by Crippen LogP contribution is 2.61. The molecule has 1 heterocycles. The van der Waals surface area contributed by atoms with E-state index in [4.69, 9.17) is 46.4 Å². The van der Waals surface area contributed by atoms with Crippen LogP contribution in [0.5, 0.6) is 0 Å². The summed E-state index contributed by atoms with van der Waals surface area (Å²) in [5.74, 6) is 0. The topological polar surface area (TPSA) is 30.7 Å². The summed E-state index contributed by atoms with van der Waals surface area (Å²) in [7, 11) is 0. The minimum absolute atomic E-state index is 0.372. The molecule has 2 aromatic rings. The summed E-state index contributed by atoms with van der Waals surface area (Å²) in [5.41, 5.74) is 0.780. The Morgan fingerprint density at radius 1 is 1.33 bits per heavy atom. The first-order valence-electron chi connectivity index (χ1n) is 6.55. The largest absolute Gasteiger partial charge is 0.251 e. The van der Waals surface area contributed by atoms with Crippen LogP contribution in [-0.4, -0.2) is 24.5 Å². The minimum Gasteiger partial charge on any atom is -0.251 e. The number of benzene rings is 1. The van der Waals surface area contributed by atoms with E-state index in [1.54, 1.807) is 17.1 Å². The van der Waals surface area contributed by atoms with Gasteiger partial charge in [-0.1, -0.05) is 29.8 Å². The van der Waals surface area contributed by atoms with Crippen molar-refractivity contribution in [1.82, 2.24) is 14.8 Å². The van der Waals surface area contributed by atoms with Crippen molar-refractivity contribution < 1.29 is 0 Å². The van der Waals surface area contributed by atoms with E-state index in [1.807, 2.05) is 18.2 Å². The van der Waals surface area contributed by atoms with Crippen LogP contribution in [0.25, 0.3) is 0 Å². The van der Waals surface area contributed by atoms with Crippen molar-refractivity contribution >= 4 is 46.4 Å². The minimum atomic E-state index is -0.894. The van der Waals surface area contributed by atoms with Gasteiger partial charge in [-0.2, -0.15) is 5.10 Å². The zero-order chi connectivity index (χ0) is 15.1. The lowest BCUT2D eigenvalue weighted by Crippen LogP contribution is -2.43. The number of nitrogens with zero attached hydrogens (tertiary/aromatic N) is 3. The molecule has 1 saturated carbocycles. The number of hydrogen-bond acceptors (Lipinski definition) is 2. The van der Waals surface area contributed by atoms with E-state index in [0.717, 1.165) is 18.4 Å². The quantitative estimate of drug-likeness (QED) is 0.722. The highest BCUT2D eigenvalue weighted by Gasteiger charge is 2.61. The van der Waals surface area contributed by atoms with Gasteiger partial charge in [0, 0.05) is 5.02 Å². The van der Waals surface area contributed by atoms with Gasteiger partial charge in [-0.25, -0.2) is 4.98 Å². The smallest absolute Gasteiger partial charge is 0.137 e. The van der Waals surface area contributed by atoms with Gasteiger partial charge < -0.3 is 0 Å². The Balaban J connectivity index is 1.98. The van der Waals surface area contributed by atoms with Crippen molar-refractivity contribution in [2.75, 3.05) is 0 Å². The van der Waals surface area contributed by atoms with Crippen LogP contribution in [0.1, 0.15) is 23.8 Å². The summed E-state index contributed by atoms with van der Waals surface area (Å²) in [6.45, 7) is 0.372. The number of alkyl halides is 3. The molecule has 0 spiro atoms. The molecule has 3 rings (SSSR count). The molecule has 0 amide bonds. The Kier molecular flexibility index (Phi) is 4.12. The van der Waals surface area contributed by atoms with Gasteiger partial charge in [0.25, 0.3) is 0 Å². The van der Waals surface area contributed by atoms with Crippen molar-refractivity contribution in [3.63, 3.8) is 0 Å². The van der Waals surface area contributed by atoms with Crippen LogP contribution in [0.3, 0.4) is 0 Å². The Morgan fingerprint density at radius 3 is 2.62 bits per heavy atom. The van der Waals surface area contributed by atoms with E-state index in [9.17, 15) is 0 Å². The third-order valence-electron chi connectivity index (χ3n) is 3.87. The Labute approximate surface area is 143 Å². The van der Waals surface area contributed by atoms with E-state index in [2.05, 4.69) is 10.1 Å². The molecular formula is C14H13Cl4N3. The molecule has 1 fully saturated rings. The van der Waals surface area contributed by atoms with Gasteiger partial charge >= 0.3 is 0 Å². The summed E-state index contributed by atoms with van der Waals surface area (Å²) in [5, 5.41) is 4.17. The van der Waals surface area contributed by atoms with Gasteiger partial charge in [0.2, 0.25) is 0 Å². The SMILES string of the molecule is Clc1ccccc1C(Cl)C(Cl)(Cn1cncn1)C1(Cl)CC1. The Hall–Kier alpha value is -0.480. The Morgan fingerprint density at radius 2 is 2.05 bits per heavy atom. The highest BCUT2D eigenvalue weighted by molar-refractivity contribution is 6.41. The molecule has 112 valence electrons. The predicted molar refractivity (Wildman–Crippen MR) is 86.5 cm³/mol. The van der Waals surface area contributed by atoms with Crippen LogP contribution < -0.4 is 0 Å². The number of halogens is 4. The van der Waals surface area contributed by atoms with Crippen LogP contribution in [0.2, 0.25) is 5.02 Å². The molecule has 0 bridgehead atoms. The van der Waals surface area contributed by atoms with Gasteiger partial charge in [0.15, 0.2) is 0 Å². The van der Waals surface area contributed by atoms with Crippen LogP contribution in [-0.2, 0) is 6.54 Å². The second-order valence-electron chi connectivity index (χ2n) is 5.30. The van der Waals surface area contributed by atoms with Crippen LogP contribution in [0, 0.1) is 0 Å². The van der Waals surface area contributed by atoms with Crippen molar-refractivity contribution in [1.29, 1.82) is 0 Å². The van der Waals surface area contributed by atoms with E-state index >= 15 is 0 Å². The first kappa shape index (κ1) is 15.4. The lowest BCUT2D eigenvalue weighted by atomic mass is 9.92. The first-order chi connectivity index (χ1) is 9.96. The van der Waals surface area contributed by atoms with Crippen LogP contribution in [0.4, 0.5) is 0 Å². The second kappa shape index (κ2) is 5.62. The maximum Gasteiger partial charge on any atom is 0.137 e. The summed E-state index contributed by atoms with van der Waals surface area (Å²) >= 11 is 26.5. The van der Waals surface area contributed by atoms with Crippen molar-refractivity contribution in [2.45, 2.75) is 34.5 Å². The normalized spacial score (nSPS) is 20.8. The summed E-state index contributed by atoms with van der Waals surface area (Å²) < 4.78 is 1.65. The molecule has 21 heavy (non-hydrogen) atoms. The molecule has 0 radical (unpaired) electrons. The first-order valence-corrected chi connectivity index (χ1v) is 8.12. The standard InChI is InChI=1S/C14H13Cl4N3/c15-11-4-2-1-3-10(11)12(16)14(18,13(17)5-6-13)7-21-9-19-8-20-21/h1-4,8-9,12H,5-7H2. The monoisotopic (exact) mass is 363 g/mol. The number of rotatable bonds is 5. The molecule has 1 aromatic heterocycles. The van der Waals surface area contributed by atoms with E-state index in [-0.39, 0.29) is 0 Å². The fourth-order valence-electron chi connectivity index (χ4n) is 2.45. The van der Waals surface area contributed by atoms with E-state index in [0.29, 0.717) is 11.6 Å². The van der Waals surface area contributed by atoms with Crippen molar-refractivity contribution in [2.24, 2.45) is 0 Å². The van der Waals surface area contributed by atoms with Gasteiger partial charge in [-0.3, -0.25) is 4.68 Å². The number of aromatic nitrogens is 3. The molecule has 7 heteroatoms. The third kappa shape index (κ3) is 2.77. The lowest BCUT2D eigenvalue weighted by Gasteiger charge is -2.36. The molecule has 1 aliphatic carbocycles. The van der Waals surface area contributed by atoms with Gasteiger partial charge in [-0.05, 0) is 24.5 Å². The molecule has 2 atom stereocenters. The molecule has 2 unspecified atom stereocenters. The van der Waals surface area contributed by atoms with Gasteiger partial charge in [-0.15, -0.1) is 34.8 Å². The molecular weight excluding hydrogens is 352 g/mol. The van der Waals surface area contributed by atoms with E-state index < -0.39 is 15.1 Å². The number of hydrogen-bond donors (Lipinski definition) is 0. The van der Waals surface area contributed by atoms with Crippen LogP contribution in [0.15, 0.2) is 36.9 Å². The lowest BCUT2D eigenvalue weighted by molar-refractivity contribution is 0.413. The van der Waals surface area contributed by atoms with Gasteiger partial charge in [0.1, 0.15) is 17.5 Å². The van der Waals surface area contributed by atoms with Crippen molar-refractivity contribution in [3.05, 3.63) is 47.5 Å². The maximum absolute atomic E-state index is 6.92. The average molecular weight is 365 g/mol. The Bertz CT molecular complexity index is 627. The fraction of sp³-hybridized carbons (Fsp3) is 0.429. The molecule has 0 aliphatic heterocycles. The predicted octanol–water partition coefficient (Wildman–Crippen LogP) is 4.66. The molecule has 0 N–H and O–H groups in total. The summed E-state index contributed by atoms with van der Waals surface area (Å²) in [4.78, 5) is 2.50. The fourth-order valence-corrected chi connectivity index (χ4v) is 3.97. The molecule has 0 saturated heterocycles.